The first-order valence-corrected chi connectivity index (χ1v) is 9.11. The summed E-state index contributed by atoms with van der Waals surface area (Å²) in [4.78, 5) is 12.3. The highest BCUT2D eigenvalue weighted by Gasteiger charge is 2.29. The number of ether oxygens (including phenoxy) is 1. The molecule has 1 N–H and O–H groups in total. The normalized spacial score (nSPS) is 19.6. The number of nitrogens with zero attached hydrogens (tertiary/aromatic N) is 1. The first kappa shape index (κ1) is 16.8. The predicted molar refractivity (Wildman–Crippen MR) is 84.0 cm³/mol. The van der Waals surface area contributed by atoms with Gasteiger partial charge >= 0.3 is 0 Å². The van der Waals surface area contributed by atoms with E-state index in [1.165, 1.54) is 10.6 Å². The summed E-state index contributed by atoms with van der Waals surface area (Å²) >= 11 is 0. The Bertz CT molecular complexity index is 630. The summed E-state index contributed by atoms with van der Waals surface area (Å²) in [5.74, 6) is 0.321. The van der Waals surface area contributed by atoms with Gasteiger partial charge in [-0.3, -0.25) is 4.79 Å². The Morgan fingerprint density at radius 1 is 1.41 bits per heavy atom. The minimum Gasteiger partial charge on any atom is -0.496 e. The highest BCUT2D eigenvalue weighted by molar-refractivity contribution is 7.88. The SMILES string of the molecule is COc1ccccc1CNC(=O)[C@H]1CCCN(S(C)(=O)=O)C1. The van der Waals surface area contributed by atoms with Crippen LogP contribution in [-0.2, 0) is 21.4 Å². The Hall–Kier alpha value is -1.60. The number of benzene rings is 1. The zero-order valence-electron chi connectivity index (χ0n) is 12.9. The van der Waals surface area contributed by atoms with E-state index in [-0.39, 0.29) is 18.4 Å². The summed E-state index contributed by atoms with van der Waals surface area (Å²) in [6, 6.07) is 7.49. The summed E-state index contributed by atoms with van der Waals surface area (Å²) in [6.45, 7) is 1.13. The lowest BCUT2D eigenvalue weighted by molar-refractivity contribution is -0.126. The number of hydrogen-bond acceptors (Lipinski definition) is 4. The van der Waals surface area contributed by atoms with E-state index in [4.69, 9.17) is 4.74 Å². The first-order chi connectivity index (χ1) is 10.4. The van der Waals surface area contributed by atoms with E-state index in [1.807, 2.05) is 24.3 Å². The lowest BCUT2D eigenvalue weighted by Gasteiger charge is -2.30. The van der Waals surface area contributed by atoms with Crippen LogP contribution in [0.1, 0.15) is 18.4 Å². The smallest absolute Gasteiger partial charge is 0.224 e. The average Bonchev–Trinajstić information content (AvgIpc) is 2.52. The van der Waals surface area contributed by atoms with Crippen LogP contribution in [-0.4, -0.2) is 45.1 Å². The summed E-state index contributed by atoms with van der Waals surface area (Å²) in [7, 11) is -1.65. The highest BCUT2D eigenvalue weighted by Crippen LogP contribution is 2.20. The molecular formula is C15H22N2O4S. The number of methoxy groups -OCH3 is 1. The summed E-state index contributed by atoms with van der Waals surface area (Å²) in [6.07, 6.45) is 2.60. The standard InChI is InChI=1S/C15H22N2O4S/c1-21-14-8-4-3-6-12(14)10-16-15(18)13-7-5-9-17(11-13)22(2,19)20/h3-4,6,8,13H,5,7,9-11H2,1-2H3,(H,16,18)/t13-/m0/s1. The third kappa shape index (κ3) is 4.20. The molecule has 1 amide bonds. The maximum atomic E-state index is 12.3. The van der Waals surface area contributed by atoms with Crippen LogP contribution in [0.3, 0.4) is 0 Å². The van der Waals surface area contributed by atoms with Crippen molar-refractivity contribution in [2.24, 2.45) is 5.92 Å². The molecule has 22 heavy (non-hydrogen) atoms. The molecule has 1 aromatic carbocycles. The molecule has 0 radical (unpaired) electrons. The molecule has 0 saturated carbocycles. The van der Waals surface area contributed by atoms with Gasteiger partial charge in [0, 0.05) is 25.2 Å². The molecule has 1 saturated heterocycles. The number of hydrogen-bond donors (Lipinski definition) is 1. The van der Waals surface area contributed by atoms with Gasteiger partial charge in [0.05, 0.1) is 19.3 Å². The van der Waals surface area contributed by atoms with Crippen LogP contribution in [0.4, 0.5) is 0 Å². The Morgan fingerprint density at radius 2 is 2.14 bits per heavy atom. The van der Waals surface area contributed by atoms with Gasteiger partial charge in [-0.05, 0) is 18.9 Å². The molecule has 1 atom stereocenters. The molecule has 1 fully saturated rings. The number of sulfonamides is 1. The van der Waals surface area contributed by atoms with Gasteiger partial charge < -0.3 is 10.1 Å². The van der Waals surface area contributed by atoms with E-state index < -0.39 is 10.0 Å². The van der Waals surface area contributed by atoms with Crippen molar-refractivity contribution in [3.63, 3.8) is 0 Å². The quantitative estimate of drug-likeness (QED) is 0.875. The Labute approximate surface area is 131 Å². The van der Waals surface area contributed by atoms with Gasteiger partial charge in [0.1, 0.15) is 5.75 Å². The molecule has 7 heteroatoms. The van der Waals surface area contributed by atoms with Crippen LogP contribution in [0, 0.1) is 5.92 Å². The zero-order valence-corrected chi connectivity index (χ0v) is 13.7. The number of carbonyl (C=O) groups excluding carboxylic acids is 1. The van der Waals surface area contributed by atoms with Gasteiger partial charge in [0.2, 0.25) is 15.9 Å². The molecule has 0 bridgehead atoms. The molecule has 0 spiro atoms. The molecule has 0 unspecified atom stereocenters. The van der Waals surface area contributed by atoms with Gasteiger partial charge in [-0.2, -0.15) is 0 Å². The van der Waals surface area contributed by atoms with Crippen LogP contribution in [0.15, 0.2) is 24.3 Å². The second-order valence-corrected chi connectivity index (χ2v) is 7.47. The van der Waals surface area contributed by atoms with Crippen LogP contribution in [0.25, 0.3) is 0 Å². The fourth-order valence-electron chi connectivity index (χ4n) is 2.63. The van der Waals surface area contributed by atoms with E-state index in [9.17, 15) is 13.2 Å². The minimum absolute atomic E-state index is 0.112. The van der Waals surface area contributed by atoms with Crippen molar-refractivity contribution in [3.05, 3.63) is 29.8 Å². The fourth-order valence-corrected chi connectivity index (χ4v) is 3.54. The molecule has 0 aliphatic carbocycles. The summed E-state index contributed by atoms with van der Waals surface area (Å²) in [5, 5.41) is 2.87. The van der Waals surface area contributed by atoms with Crippen molar-refractivity contribution in [1.82, 2.24) is 9.62 Å². The number of nitrogens with one attached hydrogen (secondary N) is 1. The van der Waals surface area contributed by atoms with Crippen molar-refractivity contribution < 1.29 is 17.9 Å². The zero-order chi connectivity index (χ0) is 16.2. The molecule has 1 aliphatic rings. The van der Waals surface area contributed by atoms with Crippen LogP contribution in [0.2, 0.25) is 0 Å². The molecule has 1 aliphatic heterocycles. The van der Waals surface area contributed by atoms with Crippen molar-refractivity contribution in [1.29, 1.82) is 0 Å². The van der Waals surface area contributed by atoms with Gasteiger partial charge in [-0.25, -0.2) is 12.7 Å². The van der Waals surface area contributed by atoms with Gasteiger partial charge in [-0.1, -0.05) is 18.2 Å². The van der Waals surface area contributed by atoms with Gasteiger partial charge in [0.25, 0.3) is 0 Å². The van der Waals surface area contributed by atoms with Crippen molar-refractivity contribution in [2.75, 3.05) is 26.5 Å². The number of amides is 1. The van der Waals surface area contributed by atoms with Crippen LogP contribution in [0.5, 0.6) is 5.75 Å². The molecule has 2 rings (SSSR count). The topological polar surface area (TPSA) is 75.7 Å². The second-order valence-electron chi connectivity index (χ2n) is 5.49. The molecule has 6 nitrogen and oxygen atoms in total. The maximum Gasteiger partial charge on any atom is 0.224 e. The monoisotopic (exact) mass is 326 g/mol. The first-order valence-electron chi connectivity index (χ1n) is 7.26. The highest BCUT2D eigenvalue weighted by atomic mass is 32.2. The predicted octanol–water partition coefficient (Wildman–Crippen LogP) is 0.983. The molecule has 1 heterocycles. The van der Waals surface area contributed by atoms with Crippen molar-refractivity contribution in [2.45, 2.75) is 19.4 Å². The van der Waals surface area contributed by atoms with E-state index >= 15 is 0 Å². The molecular weight excluding hydrogens is 304 g/mol. The van der Waals surface area contributed by atoms with Crippen molar-refractivity contribution >= 4 is 15.9 Å². The Balaban J connectivity index is 1.95. The largest absolute Gasteiger partial charge is 0.496 e. The van der Waals surface area contributed by atoms with E-state index in [2.05, 4.69) is 5.32 Å². The molecule has 0 aromatic heterocycles. The Kier molecular flexibility index (Phi) is 5.42. The third-order valence-corrected chi connectivity index (χ3v) is 5.14. The van der Waals surface area contributed by atoms with Gasteiger partial charge in [0.15, 0.2) is 0 Å². The van der Waals surface area contributed by atoms with Crippen molar-refractivity contribution in [3.8, 4) is 5.75 Å². The summed E-state index contributed by atoms with van der Waals surface area (Å²) in [5.41, 5.74) is 0.897. The number of para-hydroxylation sites is 1. The minimum atomic E-state index is -3.24. The average molecular weight is 326 g/mol. The van der Waals surface area contributed by atoms with Crippen LogP contribution < -0.4 is 10.1 Å². The third-order valence-electron chi connectivity index (χ3n) is 3.87. The number of rotatable bonds is 5. The molecule has 1 aromatic rings. The lowest BCUT2D eigenvalue weighted by Crippen LogP contribution is -2.44. The number of carbonyl (C=O) groups is 1. The van der Waals surface area contributed by atoms with E-state index in [0.717, 1.165) is 11.3 Å². The fraction of sp³-hybridized carbons (Fsp3) is 0.533. The lowest BCUT2D eigenvalue weighted by atomic mass is 9.98. The van der Waals surface area contributed by atoms with E-state index in [1.54, 1.807) is 7.11 Å². The second kappa shape index (κ2) is 7.11. The Morgan fingerprint density at radius 3 is 2.82 bits per heavy atom. The van der Waals surface area contributed by atoms with E-state index in [0.29, 0.717) is 25.9 Å². The van der Waals surface area contributed by atoms with Crippen LogP contribution >= 0.6 is 0 Å². The maximum absolute atomic E-state index is 12.3. The van der Waals surface area contributed by atoms with Gasteiger partial charge in [-0.15, -0.1) is 0 Å². The summed E-state index contributed by atoms with van der Waals surface area (Å²) < 4.78 is 29.8. The molecule has 122 valence electrons. The number of piperidine rings is 1.